The second-order valence-corrected chi connectivity index (χ2v) is 2.79. The molecule has 0 unspecified atom stereocenters. The molecular weight excluding hydrogens is 169 g/mol. The van der Waals surface area contributed by atoms with Crippen molar-refractivity contribution in [1.82, 2.24) is 5.32 Å². The number of hydrogen-bond acceptors (Lipinski definition) is 2. The SMILES string of the molecule is CN[C@H]([C]=O)Cc1ccc(F)cc1. The van der Waals surface area contributed by atoms with Gasteiger partial charge in [0.15, 0.2) is 0 Å². The van der Waals surface area contributed by atoms with Crippen molar-refractivity contribution in [2.75, 3.05) is 7.05 Å². The fourth-order valence-electron chi connectivity index (χ4n) is 1.06. The van der Waals surface area contributed by atoms with E-state index in [2.05, 4.69) is 5.32 Å². The zero-order valence-corrected chi connectivity index (χ0v) is 7.38. The maximum atomic E-state index is 12.5. The molecule has 3 heteroatoms. The fourth-order valence-corrected chi connectivity index (χ4v) is 1.06. The molecule has 2 nitrogen and oxygen atoms in total. The summed E-state index contributed by atoms with van der Waals surface area (Å²) < 4.78 is 12.5. The molecule has 1 radical (unpaired) electrons. The van der Waals surface area contributed by atoms with E-state index in [9.17, 15) is 9.18 Å². The van der Waals surface area contributed by atoms with Gasteiger partial charge in [-0.3, -0.25) is 4.79 Å². The van der Waals surface area contributed by atoms with Crippen molar-refractivity contribution >= 4 is 6.29 Å². The Morgan fingerprint density at radius 2 is 2.08 bits per heavy atom. The van der Waals surface area contributed by atoms with Crippen LogP contribution < -0.4 is 5.32 Å². The van der Waals surface area contributed by atoms with Crippen molar-refractivity contribution < 1.29 is 9.18 Å². The second-order valence-electron chi connectivity index (χ2n) is 2.79. The van der Waals surface area contributed by atoms with Gasteiger partial charge in [-0.25, -0.2) is 4.39 Å². The van der Waals surface area contributed by atoms with E-state index in [1.807, 2.05) is 6.29 Å². The molecule has 1 atom stereocenters. The van der Waals surface area contributed by atoms with Crippen LogP contribution in [0.25, 0.3) is 0 Å². The summed E-state index contributed by atoms with van der Waals surface area (Å²) in [5, 5.41) is 2.80. The molecule has 69 valence electrons. The monoisotopic (exact) mass is 180 g/mol. The summed E-state index contributed by atoms with van der Waals surface area (Å²) in [5.74, 6) is -0.264. The minimum absolute atomic E-state index is 0.264. The van der Waals surface area contributed by atoms with Gasteiger partial charge < -0.3 is 5.32 Å². The molecule has 0 aliphatic rings. The second kappa shape index (κ2) is 4.72. The van der Waals surface area contributed by atoms with E-state index in [0.29, 0.717) is 6.42 Å². The lowest BCUT2D eigenvalue weighted by Crippen LogP contribution is -2.28. The Morgan fingerprint density at radius 3 is 2.54 bits per heavy atom. The number of carbonyl (C=O) groups excluding carboxylic acids is 1. The van der Waals surface area contributed by atoms with Crippen LogP contribution in [0.3, 0.4) is 0 Å². The van der Waals surface area contributed by atoms with Crippen LogP contribution in [-0.2, 0) is 11.2 Å². The number of nitrogens with one attached hydrogen (secondary N) is 1. The Hall–Kier alpha value is -1.22. The lowest BCUT2D eigenvalue weighted by atomic mass is 10.1. The van der Waals surface area contributed by atoms with E-state index in [4.69, 9.17) is 0 Å². The molecule has 1 aromatic rings. The Kier molecular flexibility index (Phi) is 3.58. The molecule has 1 N–H and O–H groups in total. The molecule has 0 amide bonds. The summed E-state index contributed by atoms with van der Waals surface area (Å²) >= 11 is 0. The molecule has 1 aromatic carbocycles. The van der Waals surface area contributed by atoms with Gasteiger partial charge in [0.05, 0.1) is 6.04 Å². The number of halogens is 1. The molecule has 0 spiro atoms. The summed E-state index contributed by atoms with van der Waals surface area (Å²) in [7, 11) is 1.69. The van der Waals surface area contributed by atoms with Gasteiger partial charge in [-0.2, -0.15) is 0 Å². The van der Waals surface area contributed by atoms with Gasteiger partial charge in [-0.05, 0) is 31.2 Å². The van der Waals surface area contributed by atoms with Crippen molar-refractivity contribution in [3.8, 4) is 0 Å². The van der Waals surface area contributed by atoms with Gasteiger partial charge in [0.25, 0.3) is 0 Å². The quantitative estimate of drug-likeness (QED) is 0.750. The largest absolute Gasteiger partial charge is 0.310 e. The normalized spacial score (nSPS) is 12.5. The molecular formula is C10H11FNO. The molecule has 0 aliphatic heterocycles. The van der Waals surface area contributed by atoms with Gasteiger partial charge in [0, 0.05) is 0 Å². The summed E-state index contributed by atoms with van der Waals surface area (Å²) in [6.45, 7) is 0. The fraction of sp³-hybridized carbons (Fsp3) is 0.300. The minimum Gasteiger partial charge on any atom is -0.310 e. The van der Waals surface area contributed by atoms with E-state index in [0.717, 1.165) is 5.56 Å². The predicted octanol–water partition coefficient (Wildman–Crippen LogP) is 1.07. The van der Waals surface area contributed by atoms with Crippen LogP contribution in [0.2, 0.25) is 0 Å². The number of benzene rings is 1. The van der Waals surface area contributed by atoms with Crippen LogP contribution in [0.1, 0.15) is 5.56 Å². The number of likely N-dealkylation sites (N-methyl/N-ethyl adjacent to an activating group) is 1. The third kappa shape index (κ3) is 2.95. The molecule has 0 saturated heterocycles. The van der Waals surface area contributed by atoms with Gasteiger partial charge >= 0.3 is 0 Å². The Bertz CT molecular complexity index is 271. The maximum Gasteiger partial charge on any atom is 0.217 e. The first-order valence-corrected chi connectivity index (χ1v) is 4.05. The smallest absolute Gasteiger partial charge is 0.217 e. The zero-order chi connectivity index (χ0) is 9.68. The summed E-state index contributed by atoms with van der Waals surface area (Å²) in [6.07, 6.45) is 2.40. The van der Waals surface area contributed by atoms with Gasteiger partial charge in [0.2, 0.25) is 6.29 Å². The first-order chi connectivity index (χ1) is 6.26. The summed E-state index contributed by atoms with van der Waals surface area (Å²) in [4.78, 5) is 10.3. The topological polar surface area (TPSA) is 29.1 Å². The first kappa shape index (κ1) is 9.86. The van der Waals surface area contributed by atoms with E-state index < -0.39 is 0 Å². The number of hydrogen-bond donors (Lipinski definition) is 1. The molecule has 0 saturated carbocycles. The number of rotatable bonds is 4. The molecule has 13 heavy (non-hydrogen) atoms. The van der Waals surface area contributed by atoms with Gasteiger partial charge in [-0.1, -0.05) is 12.1 Å². The van der Waals surface area contributed by atoms with E-state index >= 15 is 0 Å². The standard InChI is InChI=1S/C10H11FNO/c1-12-10(7-13)6-8-2-4-9(11)5-3-8/h2-5,10,12H,6H2,1H3/t10-/m0/s1. The molecule has 0 bridgehead atoms. The Morgan fingerprint density at radius 1 is 1.46 bits per heavy atom. The van der Waals surface area contributed by atoms with Crippen LogP contribution in [0.15, 0.2) is 24.3 Å². The third-order valence-electron chi connectivity index (χ3n) is 1.84. The van der Waals surface area contributed by atoms with Gasteiger partial charge in [-0.15, -0.1) is 0 Å². The van der Waals surface area contributed by atoms with Crippen molar-refractivity contribution in [2.45, 2.75) is 12.5 Å². The summed E-state index contributed by atoms with van der Waals surface area (Å²) in [5.41, 5.74) is 0.920. The van der Waals surface area contributed by atoms with Crippen LogP contribution in [0.4, 0.5) is 4.39 Å². The van der Waals surface area contributed by atoms with Crippen LogP contribution >= 0.6 is 0 Å². The molecule has 1 rings (SSSR count). The van der Waals surface area contributed by atoms with E-state index in [1.165, 1.54) is 12.1 Å². The van der Waals surface area contributed by atoms with Crippen molar-refractivity contribution in [3.05, 3.63) is 35.6 Å². The highest BCUT2D eigenvalue weighted by Gasteiger charge is 2.05. The minimum atomic E-state index is -0.314. The summed E-state index contributed by atoms with van der Waals surface area (Å²) in [6, 6.07) is 5.78. The lowest BCUT2D eigenvalue weighted by molar-refractivity contribution is 0.526. The van der Waals surface area contributed by atoms with Crippen molar-refractivity contribution in [2.24, 2.45) is 0 Å². The van der Waals surface area contributed by atoms with Crippen molar-refractivity contribution in [3.63, 3.8) is 0 Å². The lowest BCUT2D eigenvalue weighted by Gasteiger charge is -2.07. The highest BCUT2D eigenvalue weighted by Crippen LogP contribution is 2.04. The maximum absolute atomic E-state index is 12.5. The van der Waals surface area contributed by atoms with Crippen LogP contribution in [0, 0.1) is 5.82 Å². The Balaban J connectivity index is 2.63. The highest BCUT2D eigenvalue weighted by atomic mass is 19.1. The third-order valence-corrected chi connectivity index (χ3v) is 1.84. The average Bonchev–Trinajstić information content (AvgIpc) is 2.17. The first-order valence-electron chi connectivity index (χ1n) is 4.05. The van der Waals surface area contributed by atoms with Crippen LogP contribution in [0.5, 0.6) is 0 Å². The molecule has 0 heterocycles. The highest BCUT2D eigenvalue weighted by molar-refractivity contribution is 5.59. The molecule has 0 fully saturated rings. The van der Waals surface area contributed by atoms with E-state index in [-0.39, 0.29) is 11.9 Å². The average molecular weight is 180 g/mol. The molecule has 0 aliphatic carbocycles. The molecule has 0 aromatic heterocycles. The van der Waals surface area contributed by atoms with Crippen LogP contribution in [-0.4, -0.2) is 19.4 Å². The van der Waals surface area contributed by atoms with Gasteiger partial charge in [0.1, 0.15) is 5.82 Å². The van der Waals surface area contributed by atoms with Crippen molar-refractivity contribution in [1.29, 1.82) is 0 Å². The zero-order valence-electron chi connectivity index (χ0n) is 7.38. The predicted molar refractivity (Wildman–Crippen MR) is 48.6 cm³/mol. The Labute approximate surface area is 76.8 Å². The van der Waals surface area contributed by atoms with E-state index in [1.54, 1.807) is 19.2 Å².